The van der Waals surface area contributed by atoms with Gasteiger partial charge in [0.15, 0.2) is 0 Å². The number of aryl methyl sites for hydroxylation is 1. The molecule has 1 rings (SSSR count). The quantitative estimate of drug-likeness (QED) is 0.647. The Hall–Kier alpha value is -1.37. The lowest BCUT2D eigenvalue weighted by molar-refractivity contribution is 0.426. The summed E-state index contributed by atoms with van der Waals surface area (Å²) in [5.74, 6) is 0. The Bertz CT molecular complexity index is 261. The summed E-state index contributed by atoms with van der Waals surface area (Å²) in [7, 11) is 0. The van der Waals surface area contributed by atoms with Gasteiger partial charge in [0.25, 0.3) is 0 Å². The number of rotatable bonds is 3. The maximum atomic E-state index is 11.7. The number of aromatic nitrogens is 2. The Morgan fingerprint density at radius 1 is 1.73 bits per heavy atom. The summed E-state index contributed by atoms with van der Waals surface area (Å²) in [5, 5.41) is 12.2. The molecule has 0 saturated carbocycles. The highest BCUT2D eigenvalue weighted by Gasteiger charge is 1.96. The van der Waals surface area contributed by atoms with E-state index in [1.54, 1.807) is 12.3 Å². The third-order valence-electron chi connectivity index (χ3n) is 1.27. The molecule has 0 fully saturated rings. The Kier molecular flexibility index (Phi) is 2.61. The predicted octanol–water partition coefficient (Wildman–Crippen LogP) is 0.919. The molecule has 0 aromatic carbocycles. The second-order valence-electron chi connectivity index (χ2n) is 2.09. The van der Waals surface area contributed by atoms with E-state index in [1.807, 2.05) is 6.07 Å². The van der Waals surface area contributed by atoms with Crippen LogP contribution in [0.4, 0.5) is 4.39 Å². The molecule has 0 radical (unpaired) electrons. The van der Waals surface area contributed by atoms with Crippen LogP contribution in [-0.2, 0) is 13.0 Å². The van der Waals surface area contributed by atoms with Crippen LogP contribution in [0.5, 0.6) is 0 Å². The van der Waals surface area contributed by atoms with Gasteiger partial charge in [-0.1, -0.05) is 0 Å². The third kappa shape index (κ3) is 2.04. The van der Waals surface area contributed by atoms with Gasteiger partial charge in [0.2, 0.25) is 0 Å². The summed E-state index contributed by atoms with van der Waals surface area (Å²) in [5.41, 5.74) is 0.695. The molecule has 1 aromatic heterocycles. The lowest BCUT2D eigenvalue weighted by Crippen LogP contribution is -2.00. The third-order valence-corrected chi connectivity index (χ3v) is 1.27. The fourth-order valence-corrected chi connectivity index (χ4v) is 0.790. The summed E-state index contributed by atoms with van der Waals surface area (Å²) in [6, 6.07) is 3.69. The second-order valence-corrected chi connectivity index (χ2v) is 2.09. The topological polar surface area (TPSA) is 41.6 Å². The minimum absolute atomic E-state index is 0.269. The first-order valence-electron chi connectivity index (χ1n) is 3.32. The molecule has 0 saturated heterocycles. The first-order valence-corrected chi connectivity index (χ1v) is 3.32. The first kappa shape index (κ1) is 7.73. The van der Waals surface area contributed by atoms with E-state index in [4.69, 9.17) is 5.26 Å². The Balaban J connectivity index is 2.60. The Morgan fingerprint density at radius 3 is 3.18 bits per heavy atom. The van der Waals surface area contributed by atoms with Gasteiger partial charge < -0.3 is 0 Å². The van der Waals surface area contributed by atoms with Crippen molar-refractivity contribution < 1.29 is 4.39 Å². The lowest BCUT2D eigenvalue weighted by Gasteiger charge is -1.92. The van der Waals surface area contributed by atoms with Crippen LogP contribution in [0.1, 0.15) is 5.69 Å². The van der Waals surface area contributed by atoms with Gasteiger partial charge in [-0.3, -0.25) is 4.68 Å². The zero-order valence-electron chi connectivity index (χ0n) is 6.00. The van der Waals surface area contributed by atoms with Crippen molar-refractivity contribution in [3.05, 3.63) is 18.0 Å². The van der Waals surface area contributed by atoms with Crippen LogP contribution in [-0.4, -0.2) is 16.5 Å². The predicted molar refractivity (Wildman–Crippen MR) is 37.5 cm³/mol. The molecule has 0 spiro atoms. The van der Waals surface area contributed by atoms with E-state index < -0.39 is 6.67 Å². The number of nitrogens with zero attached hydrogens (tertiary/aromatic N) is 3. The molecule has 0 bridgehead atoms. The van der Waals surface area contributed by atoms with E-state index in [9.17, 15) is 4.39 Å². The van der Waals surface area contributed by atoms with Gasteiger partial charge in [0, 0.05) is 6.20 Å². The smallest absolute Gasteiger partial charge is 0.109 e. The molecule has 1 heterocycles. The number of nitriles is 1. The summed E-state index contributed by atoms with van der Waals surface area (Å²) in [6.45, 7) is -0.154. The molecule has 0 atom stereocenters. The first-order chi connectivity index (χ1) is 5.36. The van der Waals surface area contributed by atoms with E-state index in [2.05, 4.69) is 5.10 Å². The molecule has 1 aromatic rings. The van der Waals surface area contributed by atoms with Gasteiger partial charge >= 0.3 is 0 Å². The maximum absolute atomic E-state index is 11.7. The van der Waals surface area contributed by atoms with Crippen molar-refractivity contribution >= 4 is 0 Å². The monoisotopic (exact) mass is 153 g/mol. The van der Waals surface area contributed by atoms with Crippen LogP contribution in [0.2, 0.25) is 0 Å². The van der Waals surface area contributed by atoms with E-state index in [0.717, 1.165) is 0 Å². The summed E-state index contributed by atoms with van der Waals surface area (Å²) >= 11 is 0. The lowest BCUT2D eigenvalue weighted by atomic mass is 10.3. The van der Waals surface area contributed by atoms with Crippen LogP contribution < -0.4 is 0 Å². The van der Waals surface area contributed by atoms with Crippen molar-refractivity contribution in [3.63, 3.8) is 0 Å². The molecular weight excluding hydrogens is 145 g/mol. The molecule has 58 valence electrons. The molecule has 0 aliphatic heterocycles. The zero-order valence-corrected chi connectivity index (χ0v) is 6.00. The molecule has 4 heteroatoms. The number of alkyl halides is 1. The number of halogens is 1. The van der Waals surface area contributed by atoms with Crippen LogP contribution in [0.15, 0.2) is 12.3 Å². The minimum Gasteiger partial charge on any atom is -0.270 e. The van der Waals surface area contributed by atoms with Crippen molar-refractivity contribution in [1.82, 2.24) is 9.78 Å². The average molecular weight is 153 g/mol. The number of hydrogen-bond acceptors (Lipinski definition) is 2. The largest absolute Gasteiger partial charge is 0.270 e. The van der Waals surface area contributed by atoms with E-state index in [-0.39, 0.29) is 6.54 Å². The normalized spacial score (nSPS) is 9.45. The highest BCUT2D eigenvalue weighted by molar-refractivity contribution is 5.04. The van der Waals surface area contributed by atoms with Gasteiger partial charge in [-0.2, -0.15) is 10.4 Å². The van der Waals surface area contributed by atoms with Crippen molar-refractivity contribution in [2.24, 2.45) is 0 Å². The van der Waals surface area contributed by atoms with Crippen molar-refractivity contribution in [1.29, 1.82) is 5.26 Å². The molecule has 0 aliphatic rings. The van der Waals surface area contributed by atoms with E-state index >= 15 is 0 Å². The van der Waals surface area contributed by atoms with Crippen molar-refractivity contribution in [2.45, 2.75) is 13.0 Å². The molecule has 0 N–H and O–H groups in total. The standard InChI is InChI=1S/C7H8FN3/c8-3-6-11-5-2-7(10-11)1-4-9/h2,5H,1,3,6H2. The number of hydrogen-bond donors (Lipinski definition) is 0. The van der Waals surface area contributed by atoms with Gasteiger partial charge in [0.05, 0.1) is 24.7 Å². The van der Waals surface area contributed by atoms with Gasteiger partial charge in [-0.15, -0.1) is 0 Å². The highest BCUT2D eigenvalue weighted by atomic mass is 19.1. The molecule has 0 aliphatic carbocycles. The van der Waals surface area contributed by atoms with Crippen LogP contribution in [0.25, 0.3) is 0 Å². The van der Waals surface area contributed by atoms with Gasteiger partial charge in [0.1, 0.15) is 6.67 Å². The molecule has 3 nitrogen and oxygen atoms in total. The molecule has 0 unspecified atom stereocenters. The van der Waals surface area contributed by atoms with E-state index in [1.165, 1.54) is 4.68 Å². The Labute approximate surface area is 64.1 Å². The molecule has 0 amide bonds. The van der Waals surface area contributed by atoms with Crippen molar-refractivity contribution in [2.75, 3.05) is 6.67 Å². The highest BCUT2D eigenvalue weighted by Crippen LogP contribution is 1.95. The summed E-state index contributed by atoms with van der Waals surface area (Å²) in [6.07, 6.45) is 1.96. The maximum Gasteiger partial charge on any atom is 0.109 e. The second kappa shape index (κ2) is 3.71. The van der Waals surface area contributed by atoms with Gasteiger partial charge in [-0.05, 0) is 6.07 Å². The zero-order chi connectivity index (χ0) is 8.10. The van der Waals surface area contributed by atoms with Crippen molar-refractivity contribution in [3.8, 4) is 6.07 Å². The Morgan fingerprint density at radius 2 is 2.55 bits per heavy atom. The fraction of sp³-hybridized carbons (Fsp3) is 0.429. The molecular formula is C7H8FN3. The molecule has 11 heavy (non-hydrogen) atoms. The fourth-order valence-electron chi connectivity index (χ4n) is 0.790. The van der Waals surface area contributed by atoms with Crippen LogP contribution in [0.3, 0.4) is 0 Å². The summed E-state index contributed by atoms with van der Waals surface area (Å²) < 4.78 is 13.2. The van der Waals surface area contributed by atoms with Crippen LogP contribution >= 0.6 is 0 Å². The minimum atomic E-state index is -0.423. The van der Waals surface area contributed by atoms with E-state index in [0.29, 0.717) is 12.1 Å². The average Bonchev–Trinajstić information content (AvgIpc) is 2.38. The summed E-state index contributed by atoms with van der Waals surface area (Å²) in [4.78, 5) is 0. The SMILES string of the molecule is N#CCc1ccn(CCF)n1. The van der Waals surface area contributed by atoms with Crippen LogP contribution in [0, 0.1) is 11.3 Å². The van der Waals surface area contributed by atoms with Gasteiger partial charge in [-0.25, -0.2) is 4.39 Å².